The number of hydrogen-bond donors (Lipinski definition) is 1. The van der Waals surface area contributed by atoms with Gasteiger partial charge in [0.25, 0.3) is 11.8 Å². The number of para-hydroxylation sites is 2. The van der Waals surface area contributed by atoms with Crippen LogP contribution in [0.15, 0.2) is 48.5 Å². The van der Waals surface area contributed by atoms with Crippen LogP contribution in [0.4, 0.5) is 0 Å². The van der Waals surface area contributed by atoms with Crippen molar-refractivity contribution in [2.45, 2.75) is 18.6 Å². The third kappa shape index (κ3) is 3.87. The maximum Gasteiger partial charge on any atom is 0.262 e. The molecule has 2 aromatic carbocycles. The summed E-state index contributed by atoms with van der Waals surface area (Å²) in [5.41, 5.74) is 0.676. The van der Waals surface area contributed by atoms with Crippen LogP contribution in [-0.2, 0) is 4.79 Å². The summed E-state index contributed by atoms with van der Waals surface area (Å²) in [7, 11) is 0. The molecule has 2 heterocycles. The van der Waals surface area contributed by atoms with Gasteiger partial charge in [-0.1, -0.05) is 24.3 Å². The molecule has 0 aromatic heterocycles. The van der Waals surface area contributed by atoms with Crippen molar-refractivity contribution in [1.82, 2.24) is 10.2 Å². The molecule has 30 heavy (non-hydrogen) atoms. The van der Waals surface area contributed by atoms with Gasteiger partial charge in [-0.3, -0.25) is 19.3 Å². The first-order chi connectivity index (χ1) is 14.6. The second-order valence-electron chi connectivity index (χ2n) is 7.07. The van der Waals surface area contributed by atoms with E-state index in [4.69, 9.17) is 9.47 Å². The molecule has 2 aromatic rings. The van der Waals surface area contributed by atoms with Crippen LogP contribution in [-0.4, -0.2) is 59.9 Å². The highest BCUT2D eigenvalue weighted by Crippen LogP contribution is 2.31. The third-order valence-electron chi connectivity index (χ3n) is 5.11. The minimum atomic E-state index is -0.873. The van der Waals surface area contributed by atoms with E-state index >= 15 is 0 Å². The van der Waals surface area contributed by atoms with Gasteiger partial charge in [-0.25, -0.2) is 0 Å². The van der Waals surface area contributed by atoms with E-state index in [0.29, 0.717) is 41.4 Å². The molecule has 4 rings (SSSR count). The van der Waals surface area contributed by atoms with E-state index in [1.807, 2.05) is 30.5 Å². The van der Waals surface area contributed by atoms with E-state index in [2.05, 4.69) is 5.32 Å². The van der Waals surface area contributed by atoms with Gasteiger partial charge in [-0.15, -0.1) is 0 Å². The molecular weight excluding hydrogens is 404 g/mol. The summed E-state index contributed by atoms with van der Waals surface area (Å²) in [6.45, 7) is 0.520. The Kier molecular flexibility index (Phi) is 5.94. The lowest BCUT2D eigenvalue weighted by Crippen LogP contribution is -2.52. The van der Waals surface area contributed by atoms with Gasteiger partial charge in [-0.2, -0.15) is 11.8 Å². The van der Waals surface area contributed by atoms with Crippen molar-refractivity contribution in [3.63, 3.8) is 0 Å². The van der Waals surface area contributed by atoms with Gasteiger partial charge in [0.05, 0.1) is 17.7 Å². The number of benzene rings is 2. The zero-order valence-electron chi connectivity index (χ0n) is 16.5. The number of nitrogens with one attached hydrogen (secondary N) is 1. The number of fused-ring (bicyclic) bond motifs is 2. The largest absolute Gasteiger partial charge is 0.486 e. The van der Waals surface area contributed by atoms with E-state index < -0.39 is 17.9 Å². The highest BCUT2D eigenvalue weighted by molar-refractivity contribution is 7.98. The Morgan fingerprint density at radius 3 is 2.40 bits per heavy atom. The minimum absolute atomic E-state index is 0.214. The summed E-state index contributed by atoms with van der Waals surface area (Å²) in [5, 5.41) is 2.84. The third-order valence-corrected chi connectivity index (χ3v) is 5.75. The Labute approximate surface area is 178 Å². The summed E-state index contributed by atoms with van der Waals surface area (Å²) < 4.78 is 11.5. The SMILES string of the molecule is CSCC[C@H](C(=O)NC[C@@H]1COc2ccccc2O1)N1C(=O)c2ccccc2C1=O. The van der Waals surface area contributed by atoms with E-state index in [-0.39, 0.29) is 18.6 Å². The minimum Gasteiger partial charge on any atom is -0.486 e. The van der Waals surface area contributed by atoms with Crippen molar-refractivity contribution in [2.75, 3.05) is 25.2 Å². The van der Waals surface area contributed by atoms with Crippen molar-refractivity contribution in [2.24, 2.45) is 0 Å². The molecule has 0 spiro atoms. The molecule has 2 aliphatic rings. The van der Waals surface area contributed by atoms with Gasteiger partial charge in [-0.05, 0) is 42.7 Å². The fourth-order valence-corrected chi connectivity index (χ4v) is 4.05. The summed E-state index contributed by atoms with van der Waals surface area (Å²) in [6.07, 6.45) is 1.94. The summed E-state index contributed by atoms with van der Waals surface area (Å²) in [6, 6.07) is 13.1. The Balaban J connectivity index is 1.45. The van der Waals surface area contributed by atoms with Crippen molar-refractivity contribution >= 4 is 29.5 Å². The smallest absolute Gasteiger partial charge is 0.262 e. The van der Waals surface area contributed by atoms with Crippen LogP contribution in [0.25, 0.3) is 0 Å². The fraction of sp³-hybridized carbons (Fsp3) is 0.318. The second kappa shape index (κ2) is 8.79. The maximum absolute atomic E-state index is 13.0. The lowest BCUT2D eigenvalue weighted by molar-refractivity contribution is -0.125. The molecule has 0 bridgehead atoms. The van der Waals surface area contributed by atoms with Crippen LogP contribution in [0.1, 0.15) is 27.1 Å². The van der Waals surface area contributed by atoms with Crippen LogP contribution >= 0.6 is 11.8 Å². The maximum atomic E-state index is 13.0. The second-order valence-corrected chi connectivity index (χ2v) is 8.05. The molecule has 3 amide bonds. The molecule has 0 aliphatic carbocycles. The van der Waals surface area contributed by atoms with Crippen molar-refractivity contribution in [3.05, 3.63) is 59.7 Å². The number of amides is 3. The number of carbonyl (C=O) groups is 3. The molecule has 0 unspecified atom stereocenters. The first-order valence-electron chi connectivity index (χ1n) is 9.72. The molecular formula is C22H22N2O5S. The molecule has 2 aliphatic heterocycles. The molecule has 0 saturated carbocycles. The molecule has 0 saturated heterocycles. The van der Waals surface area contributed by atoms with E-state index in [1.54, 1.807) is 36.0 Å². The molecule has 8 heteroatoms. The molecule has 0 fully saturated rings. The predicted molar refractivity (Wildman–Crippen MR) is 113 cm³/mol. The number of rotatable bonds is 7. The fourth-order valence-electron chi connectivity index (χ4n) is 3.59. The Morgan fingerprint density at radius 2 is 1.73 bits per heavy atom. The number of thioether (sulfide) groups is 1. The zero-order chi connectivity index (χ0) is 21.1. The first kappa shape index (κ1) is 20.3. The predicted octanol–water partition coefficient (Wildman–Crippen LogP) is 2.36. The Bertz CT molecular complexity index is 945. The number of imide groups is 1. The van der Waals surface area contributed by atoms with Crippen LogP contribution in [0.3, 0.4) is 0 Å². The molecule has 156 valence electrons. The monoisotopic (exact) mass is 426 g/mol. The average Bonchev–Trinajstić information content (AvgIpc) is 3.03. The van der Waals surface area contributed by atoms with E-state index in [9.17, 15) is 14.4 Å². The quantitative estimate of drug-likeness (QED) is 0.685. The van der Waals surface area contributed by atoms with Crippen molar-refractivity contribution in [3.8, 4) is 11.5 Å². The Hall–Kier alpha value is -3.00. The van der Waals surface area contributed by atoms with Gasteiger partial charge in [0, 0.05) is 0 Å². The Morgan fingerprint density at radius 1 is 1.10 bits per heavy atom. The van der Waals surface area contributed by atoms with Crippen molar-refractivity contribution in [1.29, 1.82) is 0 Å². The molecule has 7 nitrogen and oxygen atoms in total. The first-order valence-corrected chi connectivity index (χ1v) is 11.1. The number of ether oxygens (including phenoxy) is 2. The highest BCUT2D eigenvalue weighted by Gasteiger charge is 2.42. The lowest BCUT2D eigenvalue weighted by atomic mass is 10.1. The summed E-state index contributed by atoms with van der Waals surface area (Å²) in [5.74, 6) is 0.709. The van der Waals surface area contributed by atoms with Crippen molar-refractivity contribution < 1.29 is 23.9 Å². The average molecular weight is 426 g/mol. The summed E-state index contributed by atoms with van der Waals surface area (Å²) >= 11 is 1.56. The van der Waals surface area contributed by atoms with Gasteiger partial charge < -0.3 is 14.8 Å². The van der Waals surface area contributed by atoms with E-state index in [1.165, 1.54) is 0 Å². The number of hydrogen-bond acceptors (Lipinski definition) is 6. The van der Waals surface area contributed by atoms with Crippen LogP contribution in [0, 0.1) is 0 Å². The van der Waals surface area contributed by atoms with Gasteiger partial charge >= 0.3 is 0 Å². The number of nitrogens with zero attached hydrogens (tertiary/aromatic N) is 1. The van der Waals surface area contributed by atoms with Gasteiger partial charge in [0.1, 0.15) is 18.8 Å². The van der Waals surface area contributed by atoms with E-state index in [0.717, 1.165) is 4.90 Å². The molecule has 0 radical (unpaired) electrons. The van der Waals surface area contributed by atoms with Crippen LogP contribution < -0.4 is 14.8 Å². The number of carbonyl (C=O) groups excluding carboxylic acids is 3. The van der Waals surface area contributed by atoms with Crippen LogP contribution in [0.2, 0.25) is 0 Å². The molecule has 2 atom stereocenters. The lowest BCUT2D eigenvalue weighted by Gasteiger charge is -2.29. The standard InChI is InChI=1S/C22H22N2O5S/c1-30-11-10-17(24-21(26)15-6-2-3-7-16(15)22(24)27)20(25)23-12-14-13-28-18-8-4-5-9-19(18)29-14/h2-9,14,17H,10-13H2,1H3,(H,23,25)/t14-,17-/m1/s1. The van der Waals surface area contributed by atoms with Crippen LogP contribution in [0.5, 0.6) is 11.5 Å². The molecule has 1 N–H and O–H groups in total. The van der Waals surface area contributed by atoms with Gasteiger partial charge in [0.15, 0.2) is 11.5 Å². The highest BCUT2D eigenvalue weighted by atomic mass is 32.2. The topological polar surface area (TPSA) is 84.9 Å². The zero-order valence-corrected chi connectivity index (χ0v) is 17.3. The van der Waals surface area contributed by atoms with Gasteiger partial charge in [0.2, 0.25) is 5.91 Å². The normalized spacial score (nSPS) is 18.2. The summed E-state index contributed by atoms with van der Waals surface area (Å²) in [4.78, 5) is 39.8.